The molecule has 0 fully saturated rings. The van der Waals surface area contributed by atoms with Gasteiger partial charge >= 0.3 is 0 Å². The van der Waals surface area contributed by atoms with Crippen molar-refractivity contribution in [1.82, 2.24) is 0 Å². The molecule has 0 aromatic heterocycles. The fraction of sp³-hybridized carbons (Fsp3) is 0.174. The first-order valence-electron chi connectivity index (χ1n) is 9.72. The predicted octanol–water partition coefficient (Wildman–Crippen LogP) is 4.75. The number of hydrogen-bond acceptors (Lipinski definition) is 5. The number of nitrogens with zero attached hydrogens (tertiary/aromatic N) is 1. The molecular formula is C23H22BrFN2O5S. The Morgan fingerprint density at radius 1 is 1.00 bits per heavy atom. The Kier molecular flexibility index (Phi) is 7.60. The smallest absolute Gasteiger partial charge is 0.264 e. The number of halogens is 2. The van der Waals surface area contributed by atoms with Gasteiger partial charge in [0.15, 0.2) is 11.5 Å². The van der Waals surface area contributed by atoms with Crippen molar-refractivity contribution in [2.24, 2.45) is 0 Å². The molecule has 33 heavy (non-hydrogen) atoms. The van der Waals surface area contributed by atoms with E-state index < -0.39 is 28.3 Å². The van der Waals surface area contributed by atoms with Gasteiger partial charge in [-0.15, -0.1) is 0 Å². The van der Waals surface area contributed by atoms with Crippen LogP contribution in [0.4, 0.5) is 15.8 Å². The van der Waals surface area contributed by atoms with Crippen molar-refractivity contribution >= 4 is 43.2 Å². The zero-order chi connectivity index (χ0) is 24.2. The van der Waals surface area contributed by atoms with Crippen LogP contribution in [-0.2, 0) is 14.8 Å². The van der Waals surface area contributed by atoms with Crippen LogP contribution in [0.15, 0.2) is 70.0 Å². The fourth-order valence-electron chi connectivity index (χ4n) is 3.04. The highest BCUT2D eigenvalue weighted by atomic mass is 79.9. The van der Waals surface area contributed by atoms with Crippen molar-refractivity contribution < 1.29 is 27.1 Å². The lowest BCUT2D eigenvalue weighted by Crippen LogP contribution is -2.38. The molecule has 1 amide bonds. The molecule has 3 rings (SSSR count). The third kappa shape index (κ3) is 5.63. The van der Waals surface area contributed by atoms with Crippen molar-refractivity contribution in [3.8, 4) is 11.5 Å². The molecule has 1 N–H and O–H groups in total. The number of nitrogens with one attached hydrogen (secondary N) is 1. The highest BCUT2D eigenvalue weighted by molar-refractivity contribution is 9.10. The van der Waals surface area contributed by atoms with E-state index in [9.17, 15) is 17.6 Å². The molecule has 10 heteroatoms. The normalized spacial score (nSPS) is 11.1. The average molecular weight is 537 g/mol. The van der Waals surface area contributed by atoms with Gasteiger partial charge in [0.2, 0.25) is 5.91 Å². The topological polar surface area (TPSA) is 84.9 Å². The van der Waals surface area contributed by atoms with Crippen LogP contribution in [0, 0.1) is 12.7 Å². The molecule has 7 nitrogen and oxygen atoms in total. The second kappa shape index (κ2) is 10.2. The van der Waals surface area contributed by atoms with Gasteiger partial charge in [-0.3, -0.25) is 9.10 Å². The van der Waals surface area contributed by atoms with Gasteiger partial charge in [-0.2, -0.15) is 0 Å². The molecule has 3 aromatic carbocycles. The average Bonchev–Trinajstić information content (AvgIpc) is 2.79. The second-order valence-electron chi connectivity index (χ2n) is 7.04. The molecule has 0 spiro atoms. The number of sulfonamides is 1. The number of rotatable bonds is 8. The molecule has 174 valence electrons. The summed E-state index contributed by atoms with van der Waals surface area (Å²) in [6.45, 7) is 1.24. The van der Waals surface area contributed by atoms with Crippen LogP contribution in [0.1, 0.15) is 5.56 Å². The number of amides is 1. The van der Waals surface area contributed by atoms with Gasteiger partial charge in [0.25, 0.3) is 10.0 Å². The summed E-state index contributed by atoms with van der Waals surface area (Å²) < 4.78 is 53.1. The number of anilines is 2. The lowest BCUT2D eigenvalue weighted by atomic mass is 10.2. The molecule has 0 saturated carbocycles. The third-order valence-corrected chi connectivity index (χ3v) is 7.04. The fourth-order valence-corrected chi connectivity index (χ4v) is 4.79. The maximum Gasteiger partial charge on any atom is 0.264 e. The van der Waals surface area contributed by atoms with Crippen molar-refractivity contribution in [2.45, 2.75) is 11.8 Å². The molecule has 0 radical (unpaired) electrons. The minimum absolute atomic E-state index is 0.00510. The molecule has 0 atom stereocenters. The van der Waals surface area contributed by atoms with E-state index in [-0.39, 0.29) is 16.3 Å². The van der Waals surface area contributed by atoms with Crippen molar-refractivity contribution in [3.63, 3.8) is 0 Å². The van der Waals surface area contributed by atoms with Crippen LogP contribution < -0.4 is 19.1 Å². The number of carbonyl (C=O) groups is 1. The quantitative estimate of drug-likeness (QED) is 0.449. The summed E-state index contributed by atoms with van der Waals surface area (Å²) in [5.74, 6) is -0.688. The Labute approximate surface area is 200 Å². The molecule has 0 aliphatic rings. The molecule has 3 aromatic rings. The summed E-state index contributed by atoms with van der Waals surface area (Å²) in [6.07, 6.45) is 0. The summed E-state index contributed by atoms with van der Waals surface area (Å²) in [7, 11) is -1.27. The highest BCUT2D eigenvalue weighted by Gasteiger charge is 2.28. The van der Waals surface area contributed by atoms with Crippen LogP contribution in [0.3, 0.4) is 0 Å². The summed E-state index contributed by atoms with van der Waals surface area (Å²) in [4.78, 5) is 12.8. The van der Waals surface area contributed by atoms with Gasteiger partial charge < -0.3 is 14.8 Å². The Hall–Kier alpha value is -3.11. The van der Waals surface area contributed by atoms with Crippen LogP contribution in [0.2, 0.25) is 0 Å². The van der Waals surface area contributed by atoms with E-state index in [0.29, 0.717) is 16.0 Å². The Bertz CT molecular complexity index is 1270. The van der Waals surface area contributed by atoms with E-state index >= 15 is 0 Å². The Morgan fingerprint density at radius 2 is 1.67 bits per heavy atom. The van der Waals surface area contributed by atoms with Crippen LogP contribution in [0.5, 0.6) is 11.5 Å². The van der Waals surface area contributed by atoms with Gasteiger partial charge in [-0.1, -0.05) is 33.6 Å². The number of methoxy groups -OCH3 is 2. The monoisotopic (exact) mass is 536 g/mol. The third-order valence-electron chi connectivity index (χ3n) is 4.76. The van der Waals surface area contributed by atoms with Gasteiger partial charge in [0.1, 0.15) is 12.4 Å². The first-order valence-corrected chi connectivity index (χ1v) is 12.0. The Balaban J connectivity index is 2.01. The molecule has 0 aliphatic heterocycles. The largest absolute Gasteiger partial charge is 0.493 e. The van der Waals surface area contributed by atoms with Crippen molar-refractivity contribution in [3.05, 3.63) is 76.5 Å². The van der Waals surface area contributed by atoms with E-state index in [4.69, 9.17) is 9.47 Å². The van der Waals surface area contributed by atoms with E-state index in [1.807, 2.05) is 6.92 Å². The van der Waals surface area contributed by atoms with Gasteiger partial charge in [-0.05, 0) is 49.4 Å². The van der Waals surface area contributed by atoms with Crippen LogP contribution >= 0.6 is 15.9 Å². The lowest BCUT2D eigenvalue weighted by molar-refractivity contribution is -0.114. The SMILES string of the molecule is COc1ccc(N(CC(=O)Nc2ccc(Br)cc2F)S(=O)(=O)c2ccc(C)cc2)cc1OC. The van der Waals surface area contributed by atoms with Crippen LogP contribution in [-0.4, -0.2) is 35.1 Å². The minimum atomic E-state index is -4.14. The first-order chi connectivity index (χ1) is 15.6. The number of ether oxygens (including phenoxy) is 2. The maximum atomic E-state index is 14.2. The maximum absolute atomic E-state index is 14.2. The zero-order valence-corrected chi connectivity index (χ0v) is 20.5. The van der Waals surface area contributed by atoms with Gasteiger partial charge in [0.05, 0.1) is 30.5 Å². The molecule has 0 bridgehead atoms. The molecule has 0 heterocycles. The van der Waals surface area contributed by atoms with Gasteiger partial charge in [0, 0.05) is 10.5 Å². The Morgan fingerprint density at radius 3 is 2.27 bits per heavy atom. The summed E-state index contributed by atoms with van der Waals surface area (Å²) >= 11 is 3.15. The first kappa shape index (κ1) is 24.5. The molecule has 0 aliphatic carbocycles. The minimum Gasteiger partial charge on any atom is -0.493 e. The molecule has 0 unspecified atom stereocenters. The standard InChI is InChI=1S/C23H22BrFN2O5S/c1-15-4-8-18(9-5-15)33(29,30)27(17-7-11-21(31-2)22(13-17)32-3)14-23(28)26-20-10-6-16(24)12-19(20)25/h4-13H,14H2,1-3H3,(H,26,28). The molecule has 0 saturated heterocycles. The number of hydrogen-bond donors (Lipinski definition) is 1. The van der Waals surface area contributed by atoms with E-state index in [2.05, 4.69) is 21.2 Å². The van der Waals surface area contributed by atoms with Crippen molar-refractivity contribution in [1.29, 1.82) is 0 Å². The van der Waals surface area contributed by atoms with Crippen LogP contribution in [0.25, 0.3) is 0 Å². The van der Waals surface area contributed by atoms with E-state index in [1.54, 1.807) is 18.2 Å². The number of benzene rings is 3. The lowest BCUT2D eigenvalue weighted by Gasteiger charge is -2.25. The van der Waals surface area contributed by atoms with E-state index in [1.165, 1.54) is 56.7 Å². The summed E-state index contributed by atoms with van der Waals surface area (Å²) in [5.41, 5.74) is 0.998. The summed E-state index contributed by atoms with van der Waals surface area (Å²) in [5, 5.41) is 2.42. The van der Waals surface area contributed by atoms with Crippen molar-refractivity contribution in [2.75, 3.05) is 30.4 Å². The predicted molar refractivity (Wildman–Crippen MR) is 128 cm³/mol. The second-order valence-corrected chi connectivity index (χ2v) is 9.81. The molecular weight excluding hydrogens is 515 g/mol. The number of carbonyl (C=O) groups excluding carboxylic acids is 1. The van der Waals surface area contributed by atoms with Gasteiger partial charge in [-0.25, -0.2) is 12.8 Å². The van der Waals surface area contributed by atoms with E-state index in [0.717, 1.165) is 9.87 Å². The highest BCUT2D eigenvalue weighted by Crippen LogP contribution is 2.34. The zero-order valence-electron chi connectivity index (χ0n) is 18.1. The summed E-state index contributed by atoms with van der Waals surface area (Å²) in [6, 6.07) is 14.9. The number of aryl methyl sites for hydroxylation is 1.